The van der Waals surface area contributed by atoms with Crippen LogP contribution >= 0.6 is 0 Å². The van der Waals surface area contributed by atoms with Crippen LogP contribution in [0.15, 0.2) is 11.6 Å². The Morgan fingerprint density at radius 2 is 1.55 bits per heavy atom. The predicted molar refractivity (Wildman–Crippen MR) is 133 cm³/mol. The Kier molecular flexibility index (Phi) is 6.07. The molecule has 3 saturated carbocycles. The van der Waals surface area contributed by atoms with Crippen LogP contribution in [0, 0.1) is 51.8 Å². The van der Waals surface area contributed by atoms with Crippen LogP contribution in [0.4, 0.5) is 0 Å². The highest BCUT2D eigenvalue weighted by atomic mass is 16.3. The smallest absolute Gasteiger partial charge is 0.0673 e. The van der Waals surface area contributed by atoms with Crippen molar-refractivity contribution >= 4 is 0 Å². The van der Waals surface area contributed by atoms with E-state index in [4.69, 9.17) is 0 Å². The SMILES string of the molecule is CC(C)CCC[C@@H](C)[C@H]1CC[C@H]2C3=CC[C@H]4C(C)(C)[C@](C)(O)CC[C@]4(C)[C@H]3CC[C@]12C. The molecule has 4 aliphatic rings. The third-order valence-electron chi connectivity index (χ3n) is 11.9. The number of hydrogen-bond acceptors (Lipinski definition) is 1. The van der Waals surface area contributed by atoms with Gasteiger partial charge in [-0.15, -0.1) is 0 Å². The molecule has 0 radical (unpaired) electrons. The largest absolute Gasteiger partial charge is 0.390 e. The van der Waals surface area contributed by atoms with Gasteiger partial charge in [0.05, 0.1) is 5.60 Å². The molecule has 0 aromatic carbocycles. The zero-order valence-corrected chi connectivity index (χ0v) is 22.1. The van der Waals surface area contributed by atoms with Crippen LogP contribution in [0.25, 0.3) is 0 Å². The molecule has 0 bridgehead atoms. The molecule has 4 rings (SSSR count). The van der Waals surface area contributed by atoms with Crippen LogP contribution < -0.4 is 0 Å². The van der Waals surface area contributed by atoms with Crippen molar-refractivity contribution in [2.75, 3.05) is 0 Å². The molecule has 0 unspecified atom stereocenters. The molecule has 31 heavy (non-hydrogen) atoms. The van der Waals surface area contributed by atoms with Gasteiger partial charge in [-0.25, -0.2) is 0 Å². The molecule has 1 heteroatoms. The first-order valence-corrected chi connectivity index (χ1v) is 13.8. The Balaban J connectivity index is 1.56. The third-order valence-corrected chi connectivity index (χ3v) is 11.9. The molecule has 0 saturated heterocycles. The molecular formula is C30H52O. The van der Waals surface area contributed by atoms with E-state index in [0.717, 1.165) is 36.0 Å². The van der Waals surface area contributed by atoms with Crippen molar-refractivity contribution in [1.82, 2.24) is 0 Å². The summed E-state index contributed by atoms with van der Waals surface area (Å²) < 4.78 is 0. The van der Waals surface area contributed by atoms with E-state index >= 15 is 0 Å². The molecule has 0 aliphatic heterocycles. The van der Waals surface area contributed by atoms with Gasteiger partial charge in [-0.1, -0.05) is 79.4 Å². The maximum absolute atomic E-state index is 11.2. The lowest BCUT2D eigenvalue weighted by molar-refractivity contribution is -0.177. The van der Waals surface area contributed by atoms with Gasteiger partial charge in [0.2, 0.25) is 0 Å². The summed E-state index contributed by atoms with van der Waals surface area (Å²) in [7, 11) is 0. The maximum Gasteiger partial charge on any atom is 0.0673 e. The maximum atomic E-state index is 11.2. The van der Waals surface area contributed by atoms with Crippen LogP contribution in [0.1, 0.15) is 120 Å². The van der Waals surface area contributed by atoms with Crippen molar-refractivity contribution in [3.63, 3.8) is 0 Å². The van der Waals surface area contributed by atoms with E-state index in [2.05, 4.69) is 61.5 Å². The highest BCUT2D eigenvalue weighted by Crippen LogP contribution is 2.69. The first-order valence-electron chi connectivity index (χ1n) is 13.8. The summed E-state index contributed by atoms with van der Waals surface area (Å²) in [6.07, 6.45) is 16.0. The minimum Gasteiger partial charge on any atom is -0.390 e. The second-order valence-corrected chi connectivity index (χ2v) is 14.1. The van der Waals surface area contributed by atoms with Gasteiger partial charge in [0.25, 0.3) is 0 Å². The summed E-state index contributed by atoms with van der Waals surface area (Å²) in [5.74, 6) is 4.83. The van der Waals surface area contributed by atoms with Crippen LogP contribution in [-0.2, 0) is 0 Å². The molecule has 0 aromatic heterocycles. The highest BCUT2D eigenvalue weighted by molar-refractivity contribution is 5.29. The number of aliphatic hydroxyl groups is 1. The first kappa shape index (κ1) is 23.8. The normalized spacial score (nSPS) is 47.4. The van der Waals surface area contributed by atoms with Crippen molar-refractivity contribution < 1.29 is 5.11 Å². The average molecular weight is 429 g/mol. The van der Waals surface area contributed by atoms with Gasteiger partial charge in [0.1, 0.15) is 0 Å². The van der Waals surface area contributed by atoms with Crippen molar-refractivity contribution in [3.05, 3.63) is 11.6 Å². The zero-order chi connectivity index (χ0) is 22.8. The first-order chi connectivity index (χ1) is 14.3. The summed E-state index contributed by atoms with van der Waals surface area (Å²) in [6, 6.07) is 0. The van der Waals surface area contributed by atoms with Gasteiger partial charge in [0.15, 0.2) is 0 Å². The molecule has 0 aromatic rings. The summed E-state index contributed by atoms with van der Waals surface area (Å²) in [6.45, 7) is 19.4. The Bertz CT molecular complexity index is 699. The fourth-order valence-electron chi connectivity index (χ4n) is 9.46. The minimum atomic E-state index is -0.532. The van der Waals surface area contributed by atoms with E-state index in [1.54, 1.807) is 0 Å². The van der Waals surface area contributed by atoms with E-state index in [-0.39, 0.29) is 5.41 Å². The molecule has 3 fully saturated rings. The van der Waals surface area contributed by atoms with E-state index in [1.165, 1.54) is 57.8 Å². The molecule has 1 nitrogen and oxygen atoms in total. The fraction of sp³-hybridized carbons (Fsp3) is 0.933. The zero-order valence-electron chi connectivity index (χ0n) is 22.1. The summed E-state index contributed by atoms with van der Waals surface area (Å²) in [4.78, 5) is 0. The van der Waals surface area contributed by atoms with Gasteiger partial charge < -0.3 is 5.11 Å². The van der Waals surface area contributed by atoms with Gasteiger partial charge in [-0.2, -0.15) is 0 Å². The second-order valence-electron chi connectivity index (χ2n) is 14.1. The van der Waals surface area contributed by atoms with Crippen LogP contribution in [0.5, 0.6) is 0 Å². The molecule has 0 spiro atoms. The molecule has 178 valence electrons. The number of rotatable bonds is 5. The quantitative estimate of drug-likeness (QED) is 0.436. The Morgan fingerprint density at radius 1 is 0.871 bits per heavy atom. The molecule has 0 amide bonds. The van der Waals surface area contributed by atoms with Crippen molar-refractivity contribution in [2.24, 2.45) is 51.8 Å². The second kappa shape index (κ2) is 7.89. The molecule has 1 N–H and O–H groups in total. The molecule has 0 heterocycles. The van der Waals surface area contributed by atoms with E-state index in [1.807, 2.05) is 5.57 Å². The summed E-state index contributed by atoms with van der Waals surface area (Å²) >= 11 is 0. The predicted octanol–water partition coefficient (Wildman–Crippen LogP) is 8.41. The monoisotopic (exact) mass is 428 g/mol. The Morgan fingerprint density at radius 3 is 2.23 bits per heavy atom. The van der Waals surface area contributed by atoms with Crippen molar-refractivity contribution in [3.8, 4) is 0 Å². The van der Waals surface area contributed by atoms with Crippen LogP contribution in [-0.4, -0.2) is 10.7 Å². The van der Waals surface area contributed by atoms with E-state index in [0.29, 0.717) is 16.7 Å². The molecule has 4 aliphatic carbocycles. The fourth-order valence-corrected chi connectivity index (χ4v) is 9.46. The van der Waals surface area contributed by atoms with Gasteiger partial charge in [-0.05, 0) is 104 Å². The molecular weight excluding hydrogens is 376 g/mol. The Hall–Kier alpha value is -0.300. The lowest BCUT2D eigenvalue weighted by Crippen LogP contribution is -2.60. The van der Waals surface area contributed by atoms with Crippen LogP contribution in [0.3, 0.4) is 0 Å². The topological polar surface area (TPSA) is 20.2 Å². The number of allylic oxidation sites excluding steroid dienone is 2. The highest BCUT2D eigenvalue weighted by Gasteiger charge is 2.63. The minimum absolute atomic E-state index is 0.00802. The lowest BCUT2D eigenvalue weighted by atomic mass is 9.41. The lowest BCUT2D eigenvalue weighted by Gasteiger charge is -2.64. The standard InChI is InChI=1S/C30H52O/c1-20(2)10-9-11-21(3)23-13-14-24-22-12-15-26-27(4,5)30(8,31)19-18-29(26,7)25(22)16-17-28(23,24)6/h12,20-21,23-26,31H,9-11,13-19H2,1-8H3/t21-,23-,24+,25+,26+,28-,29-,30-/m1/s1. The van der Waals surface area contributed by atoms with Gasteiger partial charge in [-0.3, -0.25) is 0 Å². The Labute approximate surface area is 193 Å². The number of fused-ring (bicyclic) bond motifs is 5. The van der Waals surface area contributed by atoms with Gasteiger partial charge >= 0.3 is 0 Å². The van der Waals surface area contributed by atoms with E-state index in [9.17, 15) is 5.11 Å². The third kappa shape index (κ3) is 3.59. The van der Waals surface area contributed by atoms with Crippen LogP contribution in [0.2, 0.25) is 0 Å². The summed E-state index contributed by atoms with van der Waals surface area (Å²) in [5, 5.41) is 11.2. The average Bonchev–Trinajstić information content (AvgIpc) is 3.02. The molecule has 8 atom stereocenters. The van der Waals surface area contributed by atoms with E-state index < -0.39 is 5.60 Å². The summed E-state index contributed by atoms with van der Waals surface area (Å²) in [5.41, 5.74) is 2.22. The van der Waals surface area contributed by atoms with Crippen molar-refractivity contribution in [2.45, 2.75) is 125 Å². The van der Waals surface area contributed by atoms with Gasteiger partial charge in [0, 0.05) is 0 Å². The number of hydrogen-bond donors (Lipinski definition) is 1. The van der Waals surface area contributed by atoms with Crippen molar-refractivity contribution in [1.29, 1.82) is 0 Å².